The Bertz CT molecular complexity index is 587. The van der Waals surface area contributed by atoms with Crippen LogP contribution in [0.25, 0.3) is 0 Å². The van der Waals surface area contributed by atoms with Crippen LogP contribution in [-0.2, 0) is 18.8 Å². The largest absolute Gasteiger partial charge is 0.462 e. The lowest BCUT2D eigenvalue weighted by atomic mass is 9.87. The second kappa shape index (κ2) is 13.1. The van der Waals surface area contributed by atoms with Crippen LogP contribution in [0.4, 0.5) is 0 Å². The number of carbonyl (C=O) groups is 2. The van der Waals surface area contributed by atoms with E-state index in [2.05, 4.69) is 53.0 Å². The molecule has 1 fully saturated rings. The van der Waals surface area contributed by atoms with Crippen LogP contribution in [0.2, 0.25) is 18.1 Å². The molecule has 6 heteroatoms. The first kappa shape index (κ1) is 29.1. The molecule has 5 nitrogen and oxygen atoms in total. The van der Waals surface area contributed by atoms with Gasteiger partial charge in [-0.2, -0.15) is 0 Å². The normalized spacial score (nSPS) is 28.3. The summed E-state index contributed by atoms with van der Waals surface area (Å²) in [5.41, 5.74) is 0. The first-order valence-corrected chi connectivity index (χ1v) is 15.8. The van der Waals surface area contributed by atoms with Gasteiger partial charge in [0.1, 0.15) is 6.10 Å². The zero-order valence-corrected chi connectivity index (χ0v) is 23.4. The highest BCUT2D eigenvalue weighted by Gasteiger charge is 2.44. The van der Waals surface area contributed by atoms with E-state index < -0.39 is 20.3 Å². The van der Waals surface area contributed by atoms with Gasteiger partial charge >= 0.3 is 5.97 Å². The Balaban J connectivity index is 3.20. The summed E-state index contributed by atoms with van der Waals surface area (Å²) in [6, 6.07) is 0. The first-order chi connectivity index (χ1) is 14.8. The summed E-state index contributed by atoms with van der Waals surface area (Å²) in [7, 11) is -2.11. The minimum Gasteiger partial charge on any atom is -0.462 e. The molecule has 1 N–H and O–H groups in total. The molecule has 1 amide bonds. The average Bonchev–Trinajstić information content (AvgIpc) is 2.65. The van der Waals surface area contributed by atoms with Gasteiger partial charge in [0.25, 0.3) is 0 Å². The molecule has 0 unspecified atom stereocenters. The number of amides is 1. The molecule has 5 atom stereocenters. The third kappa shape index (κ3) is 9.54. The minimum atomic E-state index is -2.11. The third-order valence-corrected chi connectivity index (χ3v) is 12.2. The predicted molar refractivity (Wildman–Crippen MR) is 135 cm³/mol. The Morgan fingerprint density at radius 3 is 2.31 bits per heavy atom. The van der Waals surface area contributed by atoms with Crippen molar-refractivity contribution >= 4 is 20.2 Å². The fourth-order valence-corrected chi connectivity index (χ4v) is 5.88. The van der Waals surface area contributed by atoms with Crippen LogP contribution in [0.3, 0.4) is 0 Å². The van der Waals surface area contributed by atoms with Gasteiger partial charge in [0.15, 0.2) is 8.32 Å². The predicted octanol–water partition coefficient (Wildman–Crippen LogP) is 6.47. The van der Waals surface area contributed by atoms with Crippen molar-refractivity contribution < 1.29 is 18.8 Å². The number of esters is 1. The molecule has 1 heterocycles. The minimum absolute atomic E-state index is 0.0402. The van der Waals surface area contributed by atoms with Gasteiger partial charge in [-0.05, 0) is 62.6 Å². The Labute approximate surface area is 198 Å². The molecule has 1 saturated heterocycles. The molecule has 0 bridgehead atoms. The molecule has 0 aromatic heterocycles. The standard InChI is InChI=1S/C26H51NO4Si/c1-10-22-14-11-13-19(2)16-17-23(31-32(8,9)26(5,6)7)24(20(3)30-21(4)28)25(29)27-18-12-15-22/h19-20,22-24H,10-18H2,1-9H3,(H,27,29)/t19-,20-,22+,23+,24-/m1/s1. The number of rotatable bonds is 5. The summed E-state index contributed by atoms with van der Waals surface area (Å²) in [4.78, 5) is 25.2. The first-order valence-electron chi connectivity index (χ1n) is 12.9. The van der Waals surface area contributed by atoms with E-state index in [4.69, 9.17) is 9.16 Å². The molecule has 1 aliphatic rings. The highest BCUT2D eigenvalue weighted by atomic mass is 28.4. The lowest BCUT2D eigenvalue weighted by Crippen LogP contribution is -2.52. The van der Waals surface area contributed by atoms with Crippen molar-refractivity contribution in [2.45, 2.75) is 130 Å². The van der Waals surface area contributed by atoms with Gasteiger partial charge in [-0.1, -0.05) is 60.3 Å². The summed E-state index contributed by atoms with van der Waals surface area (Å²) in [5.74, 6) is 0.446. The number of hydrogen-bond donors (Lipinski definition) is 1. The summed E-state index contributed by atoms with van der Waals surface area (Å²) in [6.07, 6.45) is 8.18. The summed E-state index contributed by atoms with van der Waals surface area (Å²) in [5, 5.41) is 3.20. The van der Waals surface area contributed by atoms with E-state index in [9.17, 15) is 9.59 Å². The Morgan fingerprint density at radius 2 is 1.75 bits per heavy atom. The lowest BCUT2D eigenvalue weighted by Gasteiger charge is -2.42. The van der Waals surface area contributed by atoms with Gasteiger partial charge in [0.05, 0.1) is 12.0 Å². The Hall–Kier alpha value is -0.883. The van der Waals surface area contributed by atoms with E-state index in [-0.39, 0.29) is 23.0 Å². The van der Waals surface area contributed by atoms with Crippen molar-refractivity contribution in [2.24, 2.45) is 17.8 Å². The second-order valence-electron chi connectivity index (χ2n) is 11.6. The molecule has 1 aliphatic heterocycles. The van der Waals surface area contributed by atoms with E-state index >= 15 is 0 Å². The van der Waals surface area contributed by atoms with E-state index in [0.717, 1.165) is 31.6 Å². The van der Waals surface area contributed by atoms with Gasteiger partial charge in [-0.3, -0.25) is 9.59 Å². The molecule has 0 spiro atoms. The van der Waals surface area contributed by atoms with Crippen LogP contribution in [0, 0.1) is 17.8 Å². The molecule has 32 heavy (non-hydrogen) atoms. The third-order valence-electron chi connectivity index (χ3n) is 7.73. The van der Waals surface area contributed by atoms with Crippen LogP contribution in [0.15, 0.2) is 0 Å². The molecule has 0 aliphatic carbocycles. The van der Waals surface area contributed by atoms with Crippen molar-refractivity contribution in [1.82, 2.24) is 5.32 Å². The Morgan fingerprint density at radius 1 is 1.12 bits per heavy atom. The van der Waals surface area contributed by atoms with E-state index in [1.54, 1.807) is 0 Å². The zero-order chi connectivity index (χ0) is 24.5. The van der Waals surface area contributed by atoms with Crippen LogP contribution in [0.1, 0.15) is 99.8 Å². The van der Waals surface area contributed by atoms with Gasteiger partial charge in [0, 0.05) is 13.5 Å². The smallest absolute Gasteiger partial charge is 0.302 e. The van der Waals surface area contributed by atoms with Gasteiger partial charge in [0.2, 0.25) is 5.91 Å². The molecule has 0 radical (unpaired) electrons. The van der Waals surface area contributed by atoms with Crippen LogP contribution in [0.5, 0.6) is 0 Å². The maximum Gasteiger partial charge on any atom is 0.302 e. The van der Waals surface area contributed by atoms with E-state index in [1.165, 1.54) is 32.6 Å². The number of nitrogens with one attached hydrogen (secondary N) is 1. The van der Waals surface area contributed by atoms with Crippen molar-refractivity contribution in [3.63, 3.8) is 0 Å². The molecule has 0 saturated carbocycles. The maximum absolute atomic E-state index is 13.4. The van der Waals surface area contributed by atoms with Gasteiger partial charge in [-0.15, -0.1) is 0 Å². The fourth-order valence-electron chi connectivity index (χ4n) is 4.51. The van der Waals surface area contributed by atoms with Crippen molar-refractivity contribution in [3.05, 3.63) is 0 Å². The lowest BCUT2D eigenvalue weighted by molar-refractivity contribution is -0.153. The van der Waals surface area contributed by atoms with Crippen LogP contribution >= 0.6 is 0 Å². The van der Waals surface area contributed by atoms with Crippen molar-refractivity contribution in [1.29, 1.82) is 0 Å². The SMILES string of the molecule is CC[C@@H]1CCCNC(=O)[C@H]([C@@H](C)OC(C)=O)[C@@H](O[Si](C)(C)C(C)(C)C)CC[C@H](C)CCC1. The maximum atomic E-state index is 13.4. The molecule has 0 aromatic carbocycles. The monoisotopic (exact) mass is 469 g/mol. The highest BCUT2D eigenvalue weighted by Crippen LogP contribution is 2.39. The summed E-state index contributed by atoms with van der Waals surface area (Å²) >= 11 is 0. The fraction of sp³-hybridized carbons (Fsp3) is 0.923. The quantitative estimate of drug-likeness (QED) is 0.370. The van der Waals surface area contributed by atoms with Gasteiger partial charge in [-0.25, -0.2) is 0 Å². The molecule has 0 aromatic rings. The zero-order valence-electron chi connectivity index (χ0n) is 22.4. The highest BCUT2D eigenvalue weighted by molar-refractivity contribution is 6.74. The number of ether oxygens (including phenoxy) is 1. The number of hydrogen-bond acceptors (Lipinski definition) is 4. The van der Waals surface area contributed by atoms with Crippen LogP contribution in [-0.4, -0.2) is 38.9 Å². The molecular weight excluding hydrogens is 418 g/mol. The van der Waals surface area contributed by atoms with E-state index in [1.807, 2.05) is 6.92 Å². The molecule has 188 valence electrons. The van der Waals surface area contributed by atoms with Crippen molar-refractivity contribution in [3.8, 4) is 0 Å². The summed E-state index contributed by atoms with van der Waals surface area (Å²) in [6.45, 7) is 19.6. The average molecular weight is 470 g/mol. The second-order valence-corrected chi connectivity index (χ2v) is 16.3. The van der Waals surface area contributed by atoms with Crippen LogP contribution < -0.4 is 5.32 Å². The van der Waals surface area contributed by atoms with Gasteiger partial charge < -0.3 is 14.5 Å². The van der Waals surface area contributed by atoms with E-state index in [0.29, 0.717) is 12.5 Å². The summed E-state index contributed by atoms with van der Waals surface area (Å²) < 4.78 is 12.4. The number of carbonyl (C=O) groups excluding carboxylic acids is 2. The molecule has 1 rings (SSSR count). The molecular formula is C26H51NO4Si. The van der Waals surface area contributed by atoms with Crippen molar-refractivity contribution in [2.75, 3.05) is 6.54 Å². The topological polar surface area (TPSA) is 64.6 Å². The Kier molecular flexibility index (Phi) is 11.9.